The normalized spacial score (nSPS) is 15.3. The molecule has 0 spiro atoms. The summed E-state index contributed by atoms with van der Waals surface area (Å²) in [7, 11) is 1.55. The number of hydrogen-bond acceptors (Lipinski definition) is 8. The van der Waals surface area contributed by atoms with Gasteiger partial charge < -0.3 is 29.4 Å². The van der Waals surface area contributed by atoms with Crippen LogP contribution >= 0.6 is 0 Å². The number of ether oxygens (including phenoxy) is 3. The third kappa shape index (κ3) is 5.57. The molecular formula is C25H30F2N4O5. The summed E-state index contributed by atoms with van der Waals surface area (Å²) in [5.41, 5.74) is 3.86. The highest BCUT2D eigenvalue weighted by atomic mass is 19.3. The zero-order valence-corrected chi connectivity index (χ0v) is 20.7. The van der Waals surface area contributed by atoms with Gasteiger partial charge in [0.15, 0.2) is 0 Å². The van der Waals surface area contributed by atoms with Crippen LogP contribution in [0.15, 0.2) is 22.9 Å². The number of carbonyl (C=O) groups is 1. The number of methoxy groups -OCH3 is 1. The molecule has 1 atom stereocenters. The molecule has 0 bridgehead atoms. The molecule has 3 heterocycles. The first-order chi connectivity index (χ1) is 17.3. The summed E-state index contributed by atoms with van der Waals surface area (Å²) in [6, 6.07) is 3.17. The fourth-order valence-electron chi connectivity index (χ4n) is 4.40. The fourth-order valence-corrected chi connectivity index (χ4v) is 4.40. The second-order valence-corrected chi connectivity index (χ2v) is 8.83. The Morgan fingerprint density at radius 3 is 2.64 bits per heavy atom. The van der Waals surface area contributed by atoms with Gasteiger partial charge in [0.25, 0.3) is 0 Å². The molecule has 0 aliphatic carbocycles. The minimum absolute atomic E-state index is 0.140. The van der Waals surface area contributed by atoms with Gasteiger partial charge in [-0.15, -0.1) is 0 Å². The number of fused-ring (bicyclic) bond motifs is 1. The molecular weight excluding hydrogens is 474 g/mol. The van der Waals surface area contributed by atoms with Gasteiger partial charge in [0.1, 0.15) is 11.5 Å². The summed E-state index contributed by atoms with van der Waals surface area (Å²) in [6.07, 6.45) is 2.82. The lowest BCUT2D eigenvalue weighted by molar-refractivity contribution is -0.130. The highest BCUT2D eigenvalue weighted by molar-refractivity contribution is 6.05. The first-order valence-electron chi connectivity index (χ1n) is 11.8. The topological polar surface area (TPSA) is 108 Å². The van der Waals surface area contributed by atoms with E-state index in [2.05, 4.69) is 25.5 Å². The summed E-state index contributed by atoms with van der Waals surface area (Å²) < 4.78 is 46.1. The second-order valence-electron chi connectivity index (χ2n) is 8.83. The molecule has 0 saturated carbocycles. The average Bonchev–Trinajstić information content (AvgIpc) is 3.21. The van der Waals surface area contributed by atoms with Gasteiger partial charge in [-0.25, -0.2) is 0 Å². The zero-order valence-electron chi connectivity index (χ0n) is 20.7. The van der Waals surface area contributed by atoms with Gasteiger partial charge in [-0.3, -0.25) is 9.78 Å². The molecule has 0 unspecified atom stereocenters. The highest BCUT2D eigenvalue weighted by Crippen LogP contribution is 2.41. The van der Waals surface area contributed by atoms with Crippen LogP contribution in [0, 0.1) is 19.8 Å². The first-order valence-corrected chi connectivity index (χ1v) is 11.8. The summed E-state index contributed by atoms with van der Waals surface area (Å²) in [6.45, 7) is 3.33. The average molecular weight is 505 g/mol. The number of halogens is 2. The largest absolute Gasteiger partial charge is 0.496 e. The number of nitrogens with zero attached hydrogens (tertiary/aromatic N) is 2. The van der Waals surface area contributed by atoms with Crippen LogP contribution in [-0.4, -0.2) is 55.6 Å². The van der Waals surface area contributed by atoms with Crippen molar-refractivity contribution in [2.45, 2.75) is 46.3 Å². The van der Waals surface area contributed by atoms with Crippen molar-refractivity contribution in [2.24, 2.45) is 5.92 Å². The monoisotopic (exact) mass is 504 g/mol. The number of aromatic nitrogens is 2. The van der Waals surface area contributed by atoms with Crippen LogP contribution in [0.4, 0.5) is 20.2 Å². The van der Waals surface area contributed by atoms with Crippen molar-refractivity contribution in [2.75, 3.05) is 37.6 Å². The zero-order chi connectivity index (χ0) is 25.8. The Bertz CT molecular complexity index is 1210. The number of benzene rings is 1. The minimum Gasteiger partial charge on any atom is -0.496 e. The van der Waals surface area contributed by atoms with Crippen molar-refractivity contribution < 1.29 is 32.3 Å². The number of anilines is 2. The van der Waals surface area contributed by atoms with Gasteiger partial charge >= 0.3 is 6.61 Å². The van der Waals surface area contributed by atoms with Gasteiger partial charge in [-0.1, -0.05) is 5.16 Å². The van der Waals surface area contributed by atoms with Crippen LogP contribution < -0.4 is 15.4 Å². The van der Waals surface area contributed by atoms with Crippen molar-refractivity contribution in [3.8, 4) is 16.9 Å². The number of carbonyl (C=O) groups excluding carboxylic acids is 1. The van der Waals surface area contributed by atoms with E-state index in [1.165, 1.54) is 0 Å². The molecule has 194 valence electrons. The molecule has 0 radical (unpaired) electrons. The summed E-state index contributed by atoms with van der Waals surface area (Å²) in [4.78, 5) is 17.6. The number of rotatable bonds is 9. The summed E-state index contributed by atoms with van der Waals surface area (Å²) >= 11 is 0. The smallest absolute Gasteiger partial charge is 0.345 e. The van der Waals surface area contributed by atoms with E-state index in [1.54, 1.807) is 26.3 Å². The maximum Gasteiger partial charge on any atom is 0.345 e. The number of nitrogens with one attached hydrogen (secondary N) is 2. The Kier molecular flexibility index (Phi) is 8.00. The summed E-state index contributed by atoms with van der Waals surface area (Å²) in [5, 5.41) is 10.9. The van der Waals surface area contributed by atoms with E-state index in [4.69, 9.17) is 14.0 Å². The quantitative estimate of drug-likeness (QED) is 0.423. The SMILES string of the molecule is COc1cc2c(N[C@@H](C)COC(F)F)c(NC(=O)C3CCOCC3)cnc2cc1-c1c(C)noc1C. The van der Waals surface area contributed by atoms with Crippen molar-refractivity contribution in [3.05, 3.63) is 29.8 Å². The lowest BCUT2D eigenvalue weighted by Gasteiger charge is -2.24. The number of amides is 1. The molecule has 4 rings (SSSR count). The van der Waals surface area contributed by atoms with Crippen LogP contribution in [0.2, 0.25) is 0 Å². The molecule has 9 nitrogen and oxygen atoms in total. The van der Waals surface area contributed by atoms with Crippen molar-refractivity contribution in [1.29, 1.82) is 0 Å². The molecule has 11 heteroatoms. The van der Waals surface area contributed by atoms with Crippen LogP contribution in [-0.2, 0) is 14.3 Å². The van der Waals surface area contributed by atoms with Crippen LogP contribution in [0.3, 0.4) is 0 Å². The van der Waals surface area contributed by atoms with E-state index < -0.39 is 12.7 Å². The Hall–Kier alpha value is -3.31. The molecule has 1 aliphatic heterocycles. The molecule has 2 aromatic heterocycles. The van der Waals surface area contributed by atoms with E-state index in [9.17, 15) is 13.6 Å². The van der Waals surface area contributed by atoms with Gasteiger partial charge in [0.05, 0.1) is 48.1 Å². The number of alkyl halides is 2. The Balaban J connectivity index is 1.77. The van der Waals surface area contributed by atoms with Gasteiger partial charge in [0.2, 0.25) is 5.91 Å². The van der Waals surface area contributed by atoms with Gasteiger partial charge in [-0.05, 0) is 45.7 Å². The second kappa shape index (κ2) is 11.2. The first kappa shape index (κ1) is 25.8. The Labute approximate surface area is 207 Å². The van der Waals surface area contributed by atoms with Crippen LogP contribution in [0.5, 0.6) is 5.75 Å². The molecule has 1 aliphatic rings. The molecule has 1 amide bonds. The molecule has 3 aromatic rings. The predicted octanol–water partition coefficient (Wildman–Crippen LogP) is 4.92. The molecule has 1 saturated heterocycles. The van der Waals surface area contributed by atoms with Crippen molar-refractivity contribution >= 4 is 28.2 Å². The molecule has 1 fully saturated rings. The maximum atomic E-state index is 13.0. The van der Waals surface area contributed by atoms with E-state index in [1.807, 2.05) is 19.9 Å². The van der Waals surface area contributed by atoms with E-state index >= 15 is 0 Å². The number of hydrogen-bond donors (Lipinski definition) is 2. The van der Waals surface area contributed by atoms with Crippen LogP contribution in [0.1, 0.15) is 31.2 Å². The third-order valence-electron chi connectivity index (χ3n) is 6.20. The lowest BCUT2D eigenvalue weighted by atomic mass is 9.98. The molecule has 2 N–H and O–H groups in total. The fraction of sp³-hybridized carbons (Fsp3) is 0.480. The van der Waals surface area contributed by atoms with Crippen molar-refractivity contribution in [1.82, 2.24) is 10.1 Å². The molecule has 36 heavy (non-hydrogen) atoms. The highest BCUT2D eigenvalue weighted by Gasteiger charge is 2.25. The third-order valence-corrected chi connectivity index (χ3v) is 6.20. The Morgan fingerprint density at radius 2 is 2.00 bits per heavy atom. The molecule has 1 aromatic carbocycles. The number of aryl methyl sites for hydroxylation is 2. The standard InChI is InChI=1S/C25H30F2N4O5/c1-13(12-35-25(26)27)29-23-17-10-21(33-4)18(22-14(2)31-36-15(22)3)9-19(17)28-11-20(23)30-24(32)16-5-7-34-8-6-16/h9-11,13,16,25H,5-8,12H2,1-4H3,(H,28,29)(H,30,32)/t13-/m0/s1. The minimum atomic E-state index is -2.88. The predicted molar refractivity (Wildman–Crippen MR) is 130 cm³/mol. The Morgan fingerprint density at radius 1 is 1.25 bits per heavy atom. The van der Waals surface area contributed by atoms with E-state index in [-0.39, 0.29) is 18.4 Å². The number of pyridine rings is 1. The van der Waals surface area contributed by atoms with Gasteiger partial charge in [0, 0.05) is 36.1 Å². The lowest BCUT2D eigenvalue weighted by Crippen LogP contribution is -2.29. The maximum absolute atomic E-state index is 13.0. The summed E-state index contributed by atoms with van der Waals surface area (Å²) in [5.74, 6) is 0.865. The van der Waals surface area contributed by atoms with E-state index in [0.29, 0.717) is 65.5 Å². The van der Waals surface area contributed by atoms with Crippen LogP contribution in [0.25, 0.3) is 22.0 Å². The van der Waals surface area contributed by atoms with Gasteiger partial charge in [-0.2, -0.15) is 8.78 Å². The van der Waals surface area contributed by atoms with E-state index in [0.717, 1.165) is 11.1 Å². The van der Waals surface area contributed by atoms with Crippen molar-refractivity contribution in [3.63, 3.8) is 0 Å².